The van der Waals surface area contributed by atoms with Crippen LogP contribution in [0.25, 0.3) is 0 Å². The number of hydrogen-bond acceptors (Lipinski definition) is 3. The summed E-state index contributed by atoms with van der Waals surface area (Å²) in [4.78, 5) is 0. The van der Waals surface area contributed by atoms with E-state index < -0.39 is 12.3 Å². The van der Waals surface area contributed by atoms with Crippen LogP contribution in [-0.4, -0.2) is 28.6 Å². The Morgan fingerprint density at radius 2 is 1.70 bits per heavy atom. The van der Waals surface area contributed by atoms with Gasteiger partial charge in [-0.25, -0.2) is 0 Å². The number of nitrogens with one attached hydrogen (secondary N) is 1. The Bertz CT molecular complexity index is 73.7. The first-order valence-electron chi connectivity index (χ1n) is 3.64. The quantitative estimate of drug-likeness (QED) is 0.493. The SMILES string of the molecule is CC(O)C[C@@H](O)NC(C)C. The molecule has 2 atom stereocenters. The van der Waals surface area contributed by atoms with Crippen LogP contribution in [0.2, 0.25) is 0 Å². The Labute approximate surface area is 62.1 Å². The van der Waals surface area contributed by atoms with E-state index in [2.05, 4.69) is 5.32 Å². The van der Waals surface area contributed by atoms with Gasteiger partial charge in [-0.2, -0.15) is 0 Å². The van der Waals surface area contributed by atoms with Crippen LogP contribution in [0.3, 0.4) is 0 Å². The van der Waals surface area contributed by atoms with Crippen molar-refractivity contribution in [1.82, 2.24) is 5.32 Å². The van der Waals surface area contributed by atoms with Gasteiger partial charge in [-0.3, -0.25) is 5.32 Å². The molecule has 0 aliphatic heterocycles. The monoisotopic (exact) mass is 147 g/mol. The molecule has 0 rings (SSSR count). The first kappa shape index (κ1) is 9.88. The Morgan fingerprint density at radius 1 is 1.20 bits per heavy atom. The van der Waals surface area contributed by atoms with Crippen molar-refractivity contribution < 1.29 is 10.2 Å². The average molecular weight is 147 g/mol. The molecule has 1 unspecified atom stereocenters. The number of aliphatic hydroxyl groups excluding tert-OH is 2. The van der Waals surface area contributed by atoms with E-state index in [0.717, 1.165) is 0 Å². The van der Waals surface area contributed by atoms with Gasteiger partial charge in [-0.05, 0) is 20.8 Å². The van der Waals surface area contributed by atoms with E-state index >= 15 is 0 Å². The highest BCUT2D eigenvalue weighted by Crippen LogP contribution is 1.94. The van der Waals surface area contributed by atoms with E-state index in [1.54, 1.807) is 6.92 Å². The van der Waals surface area contributed by atoms with Crippen LogP contribution in [0, 0.1) is 0 Å². The topological polar surface area (TPSA) is 52.5 Å². The van der Waals surface area contributed by atoms with Crippen LogP contribution in [-0.2, 0) is 0 Å². The molecule has 0 amide bonds. The van der Waals surface area contributed by atoms with Crippen LogP contribution in [0.15, 0.2) is 0 Å². The van der Waals surface area contributed by atoms with Gasteiger partial charge in [0.05, 0.1) is 6.10 Å². The fourth-order valence-electron chi connectivity index (χ4n) is 0.776. The van der Waals surface area contributed by atoms with Gasteiger partial charge in [-0.15, -0.1) is 0 Å². The summed E-state index contributed by atoms with van der Waals surface area (Å²) in [6.07, 6.45) is -0.640. The lowest BCUT2D eigenvalue weighted by Crippen LogP contribution is -2.36. The summed E-state index contributed by atoms with van der Waals surface area (Å²) in [7, 11) is 0. The molecule has 3 nitrogen and oxygen atoms in total. The number of rotatable bonds is 4. The molecule has 10 heavy (non-hydrogen) atoms. The van der Waals surface area contributed by atoms with E-state index in [4.69, 9.17) is 10.2 Å². The maximum Gasteiger partial charge on any atom is 0.107 e. The minimum Gasteiger partial charge on any atom is -0.393 e. The van der Waals surface area contributed by atoms with Gasteiger partial charge in [0.25, 0.3) is 0 Å². The molecule has 3 N–H and O–H groups in total. The molecule has 0 bridgehead atoms. The predicted octanol–water partition coefficient (Wildman–Crippen LogP) is 0.0737. The Kier molecular flexibility index (Phi) is 4.60. The molecule has 0 aliphatic carbocycles. The van der Waals surface area contributed by atoms with Crippen LogP contribution in [0.5, 0.6) is 0 Å². The van der Waals surface area contributed by atoms with Crippen LogP contribution in [0.4, 0.5) is 0 Å². The molecule has 3 heteroatoms. The maximum absolute atomic E-state index is 9.12. The summed E-state index contributed by atoms with van der Waals surface area (Å²) in [5.74, 6) is 0. The third-order valence-electron chi connectivity index (χ3n) is 1.09. The highest BCUT2D eigenvalue weighted by molar-refractivity contribution is 4.60. The molecule has 0 aliphatic rings. The van der Waals surface area contributed by atoms with Crippen molar-refractivity contribution >= 4 is 0 Å². The van der Waals surface area contributed by atoms with E-state index in [1.807, 2.05) is 13.8 Å². The smallest absolute Gasteiger partial charge is 0.107 e. The summed E-state index contributed by atoms with van der Waals surface area (Å²) in [6.45, 7) is 5.56. The molecule has 0 saturated heterocycles. The third-order valence-corrected chi connectivity index (χ3v) is 1.09. The van der Waals surface area contributed by atoms with Crippen molar-refractivity contribution in [2.75, 3.05) is 0 Å². The van der Waals surface area contributed by atoms with Crippen molar-refractivity contribution in [2.45, 2.75) is 45.6 Å². The molecular weight excluding hydrogens is 130 g/mol. The second-order valence-electron chi connectivity index (χ2n) is 2.92. The van der Waals surface area contributed by atoms with Crippen molar-refractivity contribution in [2.24, 2.45) is 0 Å². The molecule has 0 aromatic carbocycles. The first-order valence-corrected chi connectivity index (χ1v) is 3.64. The maximum atomic E-state index is 9.12. The normalized spacial score (nSPS) is 17.4. The minimum absolute atomic E-state index is 0.258. The summed E-state index contributed by atoms with van der Waals surface area (Å²) >= 11 is 0. The van der Waals surface area contributed by atoms with Gasteiger partial charge < -0.3 is 10.2 Å². The zero-order chi connectivity index (χ0) is 8.15. The van der Waals surface area contributed by atoms with E-state index in [0.29, 0.717) is 6.42 Å². The van der Waals surface area contributed by atoms with Gasteiger partial charge >= 0.3 is 0 Å². The summed E-state index contributed by atoms with van der Waals surface area (Å²) in [6, 6.07) is 0.258. The third kappa shape index (κ3) is 6.01. The lowest BCUT2D eigenvalue weighted by molar-refractivity contribution is 0.0630. The van der Waals surface area contributed by atoms with Crippen molar-refractivity contribution in [3.05, 3.63) is 0 Å². The van der Waals surface area contributed by atoms with Gasteiger partial charge in [0.15, 0.2) is 0 Å². The minimum atomic E-state index is -0.583. The average Bonchev–Trinajstić information content (AvgIpc) is 1.58. The summed E-state index contributed by atoms with van der Waals surface area (Å²) in [5, 5.41) is 20.8. The van der Waals surface area contributed by atoms with Gasteiger partial charge in [0.2, 0.25) is 0 Å². The summed E-state index contributed by atoms with van der Waals surface area (Å²) in [5.41, 5.74) is 0. The lowest BCUT2D eigenvalue weighted by Gasteiger charge is -2.16. The highest BCUT2D eigenvalue weighted by atomic mass is 16.3. The molecule has 0 radical (unpaired) electrons. The Hall–Kier alpha value is -0.120. The van der Waals surface area contributed by atoms with E-state index in [9.17, 15) is 0 Å². The molecular formula is C7H17NO2. The zero-order valence-electron chi connectivity index (χ0n) is 6.83. The molecule has 0 aromatic rings. The molecule has 0 spiro atoms. The molecule has 0 saturated carbocycles. The predicted molar refractivity (Wildman–Crippen MR) is 40.6 cm³/mol. The molecule has 62 valence electrons. The Balaban J connectivity index is 3.34. The molecule has 0 aromatic heterocycles. The van der Waals surface area contributed by atoms with Crippen molar-refractivity contribution in [1.29, 1.82) is 0 Å². The van der Waals surface area contributed by atoms with Gasteiger partial charge in [0, 0.05) is 12.5 Å². The summed E-state index contributed by atoms with van der Waals surface area (Å²) < 4.78 is 0. The number of aliphatic hydroxyl groups is 2. The fourth-order valence-corrected chi connectivity index (χ4v) is 0.776. The second kappa shape index (κ2) is 4.66. The van der Waals surface area contributed by atoms with Crippen molar-refractivity contribution in [3.8, 4) is 0 Å². The lowest BCUT2D eigenvalue weighted by atomic mass is 10.2. The van der Waals surface area contributed by atoms with E-state index in [-0.39, 0.29) is 6.04 Å². The second-order valence-corrected chi connectivity index (χ2v) is 2.92. The molecule has 0 heterocycles. The van der Waals surface area contributed by atoms with Crippen LogP contribution in [0.1, 0.15) is 27.2 Å². The van der Waals surface area contributed by atoms with Crippen LogP contribution < -0.4 is 5.32 Å². The Morgan fingerprint density at radius 3 is 2.00 bits per heavy atom. The van der Waals surface area contributed by atoms with Crippen molar-refractivity contribution in [3.63, 3.8) is 0 Å². The van der Waals surface area contributed by atoms with Gasteiger partial charge in [-0.1, -0.05) is 0 Å². The van der Waals surface area contributed by atoms with E-state index in [1.165, 1.54) is 0 Å². The largest absolute Gasteiger partial charge is 0.393 e. The van der Waals surface area contributed by atoms with Crippen LogP contribution >= 0.6 is 0 Å². The highest BCUT2D eigenvalue weighted by Gasteiger charge is 2.07. The zero-order valence-corrected chi connectivity index (χ0v) is 6.83. The molecule has 0 fully saturated rings. The first-order chi connectivity index (χ1) is 4.52. The number of hydrogen-bond donors (Lipinski definition) is 3. The fraction of sp³-hybridized carbons (Fsp3) is 1.00. The van der Waals surface area contributed by atoms with Gasteiger partial charge in [0.1, 0.15) is 6.23 Å². The standard InChI is InChI=1S/C7H17NO2/c1-5(2)8-7(10)4-6(3)9/h5-10H,4H2,1-3H3/t6?,7-/m1/s1.